The Bertz CT molecular complexity index is 2080. The molecule has 4 aliphatic heterocycles. The van der Waals surface area contributed by atoms with Gasteiger partial charge in [0.25, 0.3) is 0 Å². The van der Waals surface area contributed by atoms with Gasteiger partial charge in [-0.15, -0.1) is 0 Å². The predicted molar refractivity (Wildman–Crippen MR) is 202 cm³/mol. The first-order valence-electron chi connectivity index (χ1n) is 19.8. The normalized spacial score (nSPS) is 41.0. The lowest BCUT2D eigenvalue weighted by atomic mass is 9.97. The molecule has 0 bridgehead atoms. The molecule has 3 aromatic rings. The zero-order valence-electron chi connectivity index (χ0n) is 33.3. The number of aliphatic hydroxyl groups is 12. The van der Waals surface area contributed by atoms with Gasteiger partial charge in [-0.1, -0.05) is 0 Å². The summed E-state index contributed by atoms with van der Waals surface area (Å²) in [5.41, 5.74) is -1.25. The van der Waals surface area contributed by atoms with E-state index in [1.54, 1.807) is 0 Å². The summed E-state index contributed by atoms with van der Waals surface area (Å²) in [6.45, 7) is 1.27. The maximum atomic E-state index is 14.2. The molecule has 4 fully saturated rings. The number of aromatic hydroxyl groups is 2. The molecule has 1 aromatic heterocycles. The molecular weight excluding hydrogens is 852 g/mol. The van der Waals surface area contributed by atoms with E-state index < -0.39 is 158 Å². The number of rotatable bonds is 11. The molecule has 14 N–H and O–H groups in total. The summed E-state index contributed by atoms with van der Waals surface area (Å²) in [6, 6.07) is 7.26. The van der Waals surface area contributed by atoms with Gasteiger partial charge in [-0.3, -0.25) is 4.79 Å². The van der Waals surface area contributed by atoms with Crippen LogP contribution in [0.25, 0.3) is 22.3 Å². The summed E-state index contributed by atoms with van der Waals surface area (Å²) in [6.07, 6.45) is -33.0. The topological polar surface area (TPSA) is 387 Å². The van der Waals surface area contributed by atoms with E-state index in [4.69, 9.17) is 42.3 Å². The Hall–Kier alpha value is -3.87. The number of benzene rings is 2. The second-order valence-electron chi connectivity index (χ2n) is 15.7. The van der Waals surface area contributed by atoms with Gasteiger partial charge in [-0.25, -0.2) is 0 Å². The van der Waals surface area contributed by atoms with Crippen LogP contribution in [0.3, 0.4) is 0 Å². The molecule has 0 unspecified atom stereocenters. The highest BCUT2D eigenvalue weighted by Gasteiger charge is 2.52. The Labute approximate surface area is 355 Å². The van der Waals surface area contributed by atoms with E-state index in [2.05, 4.69) is 0 Å². The minimum atomic E-state index is -2.00. The minimum absolute atomic E-state index is 0.115. The van der Waals surface area contributed by atoms with Crippen LogP contribution in [-0.2, 0) is 28.4 Å². The largest absolute Gasteiger partial charge is 0.508 e. The van der Waals surface area contributed by atoms with Crippen LogP contribution in [0.5, 0.6) is 23.0 Å². The zero-order chi connectivity index (χ0) is 45.8. The van der Waals surface area contributed by atoms with Crippen molar-refractivity contribution in [3.8, 4) is 34.3 Å². The fourth-order valence-electron chi connectivity index (χ4n) is 7.74. The van der Waals surface area contributed by atoms with Crippen molar-refractivity contribution in [2.75, 3.05) is 13.2 Å². The van der Waals surface area contributed by atoms with Gasteiger partial charge in [0.1, 0.15) is 114 Å². The molecule has 4 saturated heterocycles. The van der Waals surface area contributed by atoms with Crippen LogP contribution in [0.4, 0.5) is 0 Å². The molecule has 24 heteroatoms. The maximum Gasteiger partial charge on any atom is 0.239 e. The third-order valence-corrected chi connectivity index (χ3v) is 11.4. The molecule has 0 spiro atoms. The molecule has 4 aliphatic rings. The number of hydrogen-bond acceptors (Lipinski definition) is 24. The summed E-state index contributed by atoms with van der Waals surface area (Å²) in [5, 5.41) is 146. The van der Waals surface area contributed by atoms with Crippen LogP contribution >= 0.6 is 0 Å². The fraction of sp³-hybridized carbons (Fsp3) is 0.615. The molecule has 350 valence electrons. The van der Waals surface area contributed by atoms with Crippen LogP contribution in [0.1, 0.15) is 13.8 Å². The predicted octanol–water partition coefficient (Wildman–Crippen LogP) is -5.07. The number of phenols is 2. The highest BCUT2D eigenvalue weighted by atomic mass is 16.8. The summed E-state index contributed by atoms with van der Waals surface area (Å²) in [4.78, 5) is 14.2. The Kier molecular flexibility index (Phi) is 14.1. The number of phenolic OH excluding ortho intramolecular Hbond substituents is 2. The quantitative estimate of drug-likeness (QED) is 0.0856. The average molecular weight is 903 g/mol. The van der Waals surface area contributed by atoms with E-state index in [1.807, 2.05) is 0 Å². The molecule has 0 radical (unpaired) electrons. The third kappa shape index (κ3) is 9.07. The number of hydrogen-bond donors (Lipinski definition) is 14. The van der Waals surface area contributed by atoms with Gasteiger partial charge < -0.3 is 114 Å². The molecule has 5 heterocycles. The first-order valence-corrected chi connectivity index (χ1v) is 19.8. The summed E-state index contributed by atoms with van der Waals surface area (Å²) in [7, 11) is 0. The van der Waals surface area contributed by atoms with Crippen LogP contribution in [0.15, 0.2) is 45.6 Å². The van der Waals surface area contributed by atoms with Crippen molar-refractivity contribution in [3.05, 3.63) is 46.6 Å². The molecule has 0 saturated carbocycles. The van der Waals surface area contributed by atoms with Crippen molar-refractivity contribution >= 4 is 11.0 Å². The summed E-state index contributed by atoms with van der Waals surface area (Å²) < 4.78 is 51.3. The van der Waals surface area contributed by atoms with Gasteiger partial charge in [-0.05, 0) is 38.1 Å². The van der Waals surface area contributed by atoms with E-state index in [-0.39, 0.29) is 28.4 Å². The van der Waals surface area contributed by atoms with Gasteiger partial charge >= 0.3 is 0 Å². The molecule has 0 amide bonds. The Morgan fingerprint density at radius 3 is 1.49 bits per heavy atom. The SMILES string of the molecule is C[C@@H]1O[C@@H](Oc2cc(O)c3c(=O)c(O[C@@H]4O[C@@H](C)[C@H](O[C@@H]5O[C@H](CO)[C@@H](O)[C@H](O)[C@H]5O)[C@@H](O)[C@H]4O)c(-c4ccc(O)cc4)oc3c2)[C@H](O)[C@H](O)[C@H]1O[C@@H]1O[C@H](CO)[C@@H](O)[C@H](O)[C@H]1O. The van der Waals surface area contributed by atoms with Crippen molar-refractivity contribution in [1.82, 2.24) is 0 Å². The van der Waals surface area contributed by atoms with E-state index in [0.29, 0.717) is 0 Å². The molecule has 24 nitrogen and oxygen atoms in total. The van der Waals surface area contributed by atoms with Crippen molar-refractivity contribution < 1.29 is 114 Å². The lowest BCUT2D eigenvalue weighted by molar-refractivity contribution is -0.349. The second-order valence-corrected chi connectivity index (χ2v) is 15.7. The van der Waals surface area contributed by atoms with Crippen LogP contribution < -0.4 is 14.9 Å². The number of aliphatic hydroxyl groups excluding tert-OH is 12. The summed E-state index contributed by atoms with van der Waals surface area (Å²) in [5.74, 6) is -2.18. The van der Waals surface area contributed by atoms with Gasteiger partial charge in [0.05, 0.1) is 25.4 Å². The highest BCUT2D eigenvalue weighted by Crippen LogP contribution is 2.39. The van der Waals surface area contributed by atoms with Gasteiger partial charge in [-0.2, -0.15) is 0 Å². The van der Waals surface area contributed by atoms with Crippen molar-refractivity contribution in [2.24, 2.45) is 0 Å². The Morgan fingerprint density at radius 1 is 0.556 bits per heavy atom. The van der Waals surface area contributed by atoms with Crippen molar-refractivity contribution in [2.45, 2.75) is 137 Å². The van der Waals surface area contributed by atoms with Crippen molar-refractivity contribution in [3.63, 3.8) is 0 Å². The molecule has 7 rings (SSSR count). The Balaban J connectivity index is 1.12. The minimum Gasteiger partial charge on any atom is -0.508 e. The Morgan fingerprint density at radius 2 is 1.02 bits per heavy atom. The monoisotopic (exact) mass is 902 g/mol. The van der Waals surface area contributed by atoms with Crippen molar-refractivity contribution in [1.29, 1.82) is 0 Å². The average Bonchev–Trinajstić information content (AvgIpc) is 3.25. The maximum absolute atomic E-state index is 14.2. The second kappa shape index (κ2) is 18.9. The zero-order valence-corrected chi connectivity index (χ0v) is 33.3. The molecule has 0 aliphatic carbocycles. The lowest BCUT2D eigenvalue weighted by Gasteiger charge is -2.45. The molecule has 63 heavy (non-hydrogen) atoms. The lowest BCUT2D eigenvalue weighted by Crippen LogP contribution is -2.64. The summed E-state index contributed by atoms with van der Waals surface area (Å²) >= 11 is 0. The van der Waals surface area contributed by atoms with Crippen LogP contribution in [0.2, 0.25) is 0 Å². The van der Waals surface area contributed by atoms with E-state index in [1.165, 1.54) is 38.1 Å². The number of ether oxygens (including phenoxy) is 8. The smallest absolute Gasteiger partial charge is 0.239 e. The standard InChI is InChI=1S/C39H50O24/c1-11-32(61-38-28(51)24(47)21(44)18(9-40)59-38)26(49)30(53)36(55-11)57-15-7-16(43)20-17(8-15)58-34(13-3-5-14(42)6-4-13)35(23(20)46)63-37-31(54)27(50)33(12(2)56-37)62-39-29(52)25(48)22(45)19(10-41)60-39/h3-8,11-12,18-19,21-22,24-33,36-45,47-54H,9-10H2,1-2H3/t11-,12-,18+,19+,21+,22+,24-,25-,26-,27-,28+,29+,30+,31+,32-,33-,36-,37-,38-,39-/m0/s1. The van der Waals surface area contributed by atoms with Crippen LogP contribution in [-0.4, -0.2) is 208 Å². The van der Waals surface area contributed by atoms with Gasteiger partial charge in [0, 0.05) is 17.7 Å². The molecule has 2 aromatic carbocycles. The molecular formula is C39H50O24. The van der Waals surface area contributed by atoms with E-state index >= 15 is 0 Å². The van der Waals surface area contributed by atoms with E-state index in [9.17, 15) is 76.3 Å². The van der Waals surface area contributed by atoms with Gasteiger partial charge in [0.2, 0.25) is 23.8 Å². The third-order valence-electron chi connectivity index (χ3n) is 11.4. The van der Waals surface area contributed by atoms with Crippen LogP contribution in [0, 0.1) is 0 Å². The number of fused-ring (bicyclic) bond motifs is 1. The first-order chi connectivity index (χ1) is 29.8. The van der Waals surface area contributed by atoms with E-state index in [0.717, 1.165) is 12.1 Å². The first kappa shape index (κ1) is 47.1. The molecule has 20 atom stereocenters. The van der Waals surface area contributed by atoms with Gasteiger partial charge in [0.15, 0.2) is 18.3 Å². The fourth-order valence-corrected chi connectivity index (χ4v) is 7.74. The highest BCUT2D eigenvalue weighted by molar-refractivity contribution is 5.88.